The molecule has 0 aliphatic rings. The molecule has 2 aromatic carbocycles. The van der Waals surface area contributed by atoms with Gasteiger partial charge in [0.15, 0.2) is 0 Å². The second-order valence-corrected chi connectivity index (χ2v) is 4.08. The first-order chi connectivity index (χ1) is 8.29. The highest BCUT2D eigenvalue weighted by Gasteiger charge is 2.02. The standard InChI is InChI=1S/C14H11ClN2/c15-13-6-7-14(12(8-13)9-16)17-10-11-4-2-1-3-5-11/h1-8,17H,10H2. The lowest BCUT2D eigenvalue weighted by atomic mass is 10.1. The Hall–Kier alpha value is -1.98. The van der Waals surface area contributed by atoms with Crippen LogP contribution in [-0.2, 0) is 6.54 Å². The van der Waals surface area contributed by atoms with Gasteiger partial charge in [-0.3, -0.25) is 0 Å². The van der Waals surface area contributed by atoms with Gasteiger partial charge in [-0.15, -0.1) is 0 Å². The van der Waals surface area contributed by atoms with E-state index < -0.39 is 0 Å². The Balaban J connectivity index is 2.12. The van der Waals surface area contributed by atoms with Crippen LogP contribution < -0.4 is 5.32 Å². The second kappa shape index (κ2) is 5.38. The third-order valence-corrected chi connectivity index (χ3v) is 2.66. The predicted molar refractivity (Wildman–Crippen MR) is 69.9 cm³/mol. The van der Waals surface area contributed by atoms with Gasteiger partial charge in [-0.05, 0) is 23.8 Å². The molecule has 0 aliphatic carbocycles. The van der Waals surface area contributed by atoms with Crippen LogP contribution in [0.2, 0.25) is 5.02 Å². The Morgan fingerprint density at radius 1 is 1.12 bits per heavy atom. The zero-order valence-electron chi connectivity index (χ0n) is 9.15. The number of halogens is 1. The summed E-state index contributed by atoms with van der Waals surface area (Å²) < 4.78 is 0. The molecule has 0 heterocycles. The molecule has 84 valence electrons. The molecule has 0 bridgehead atoms. The van der Waals surface area contributed by atoms with E-state index in [9.17, 15) is 0 Å². The van der Waals surface area contributed by atoms with Crippen molar-refractivity contribution in [3.8, 4) is 6.07 Å². The highest BCUT2D eigenvalue weighted by atomic mass is 35.5. The molecule has 2 aromatic rings. The van der Waals surface area contributed by atoms with E-state index in [1.54, 1.807) is 12.1 Å². The van der Waals surface area contributed by atoms with Crippen molar-refractivity contribution in [1.29, 1.82) is 5.26 Å². The zero-order valence-corrected chi connectivity index (χ0v) is 9.91. The first kappa shape index (κ1) is 11.5. The molecule has 0 saturated carbocycles. The molecule has 0 radical (unpaired) electrons. The van der Waals surface area contributed by atoms with Crippen LogP contribution in [0.5, 0.6) is 0 Å². The SMILES string of the molecule is N#Cc1cc(Cl)ccc1NCc1ccccc1. The van der Waals surface area contributed by atoms with Crippen molar-refractivity contribution < 1.29 is 0 Å². The van der Waals surface area contributed by atoms with Crippen LogP contribution in [0.1, 0.15) is 11.1 Å². The Bertz CT molecular complexity index is 544. The van der Waals surface area contributed by atoms with Crippen molar-refractivity contribution in [2.45, 2.75) is 6.54 Å². The average molecular weight is 243 g/mol. The number of rotatable bonds is 3. The van der Waals surface area contributed by atoms with E-state index in [0.29, 0.717) is 17.1 Å². The summed E-state index contributed by atoms with van der Waals surface area (Å²) in [5.41, 5.74) is 2.54. The minimum atomic E-state index is 0.563. The van der Waals surface area contributed by atoms with Crippen molar-refractivity contribution >= 4 is 17.3 Å². The van der Waals surface area contributed by atoms with Gasteiger partial charge in [-0.2, -0.15) is 5.26 Å². The highest BCUT2D eigenvalue weighted by Crippen LogP contribution is 2.20. The summed E-state index contributed by atoms with van der Waals surface area (Å²) in [7, 11) is 0. The fourth-order valence-corrected chi connectivity index (χ4v) is 1.73. The second-order valence-electron chi connectivity index (χ2n) is 3.64. The Kier molecular flexibility index (Phi) is 3.64. The van der Waals surface area contributed by atoms with Crippen molar-refractivity contribution in [1.82, 2.24) is 0 Å². The van der Waals surface area contributed by atoms with E-state index in [2.05, 4.69) is 11.4 Å². The average Bonchev–Trinajstić information content (AvgIpc) is 2.38. The zero-order chi connectivity index (χ0) is 12.1. The molecule has 1 N–H and O–H groups in total. The molecule has 0 unspecified atom stereocenters. The minimum absolute atomic E-state index is 0.563. The van der Waals surface area contributed by atoms with E-state index >= 15 is 0 Å². The van der Waals surface area contributed by atoms with Crippen molar-refractivity contribution in [3.63, 3.8) is 0 Å². The molecule has 0 aliphatic heterocycles. The molecule has 17 heavy (non-hydrogen) atoms. The van der Waals surface area contributed by atoms with Gasteiger partial charge in [-0.25, -0.2) is 0 Å². The molecule has 3 heteroatoms. The van der Waals surface area contributed by atoms with Crippen LogP contribution in [0.25, 0.3) is 0 Å². The monoisotopic (exact) mass is 242 g/mol. The molecule has 0 saturated heterocycles. The van der Waals surface area contributed by atoms with E-state index in [-0.39, 0.29) is 0 Å². The summed E-state index contributed by atoms with van der Waals surface area (Å²) in [5.74, 6) is 0. The molecular weight excluding hydrogens is 232 g/mol. The van der Waals surface area contributed by atoms with Crippen LogP contribution >= 0.6 is 11.6 Å². The molecule has 0 spiro atoms. The molecule has 0 aromatic heterocycles. The molecule has 0 fully saturated rings. The summed E-state index contributed by atoms with van der Waals surface area (Å²) in [4.78, 5) is 0. The highest BCUT2D eigenvalue weighted by molar-refractivity contribution is 6.30. The number of hydrogen-bond acceptors (Lipinski definition) is 2. The summed E-state index contributed by atoms with van der Waals surface area (Å²) in [6.07, 6.45) is 0. The lowest BCUT2D eigenvalue weighted by Gasteiger charge is -2.08. The number of nitriles is 1. The summed E-state index contributed by atoms with van der Waals surface area (Å²) in [5, 5.41) is 12.8. The fraction of sp³-hybridized carbons (Fsp3) is 0.0714. The first-order valence-corrected chi connectivity index (χ1v) is 5.65. The maximum atomic E-state index is 8.99. The first-order valence-electron chi connectivity index (χ1n) is 5.27. The van der Waals surface area contributed by atoms with Crippen molar-refractivity contribution in [3.05, 3.63) is 64.7 Å². The van der Waals surface area contributed by atoms with Crippen LogP contribution in [0.3, 0.4) is 0 Å². The quantitative estimate of drug-likeness (QED) is 0.888. The maximum Gasteiger partial charge on any atom is 0.101 e. The van der Waals surface area contributed by atoms with Crippen LogP contribution in [0.15, 0.2) is 48.5 Å². The van der Waals surface area contributed by atoms with Gasteiger partial charge in [0.25, 0.3) is 0 Å². The number of nitrogens with zero attached hydrogens (tertiary/aromatic N) is 1. The Morgan fingerprint density at radius 3 is 2.59 bits per heavy atom. The van der Waals surface area contributed by atoms with Gasteiger partial charge < -0.3 is 5.32 Å². The van der Waals surface area contributed by atoms with E-state index in [0.717, 1.165) is 5.69 Å². The van der Waals surface area contributed by atoms with Gasteiger partial charge in [-0.1, -0.05) is 41.9 Å². The van der Waals surface area contributed by atoms with E-state index in [4.69, 9.17) is 16.9 Å². The van der Waals surface area contributed by atoms with Gasteiger partial charge in [0.1, 0.15) is 6.07 Å². The number of nitrogens with one attached hydrogen (secondary N) is 1. The minimum Gasteiger partial charge on any atom is -0.380 e. The Labute approximate surface area is 105 Å². The summed E-state index contributed by atoms with van der Waals surface area (Å²) in [6, 6.07) is 17.4. The lowest BCUT2D eigenvalue weighted by molar-refractivity contribution is 1.15. The van der Waals surface area contributed by atoms with E-state index in [1.165, 1.54) is 5.56 Å². The normalized spacial score (nSPS) is 9.65. The predicted octanol–water partition coefficient (Wildman–Crippen LogP) is 3.82. The number of hydrogen-bond donors (Lipinski definition) is 1. The maximum absolute atomic E-state index is 8.99. The van der Waals surface area contributed by atoms with Crippen LogP contribution in [0.4, 0.5) is 5.69 Å². The van der Waals surface area contributed by atoms with Gasteiger partial charge >= 0.3 is 0 Å². The van der Waals surface area contributed by atoms with E-state index in [1.807, 2.05) is 36.4 Å². The summed E-state index contributed by atoms with van der Waals surface area (Å²) >= 11 is 5.83. The fourth-order valence-electron chi connectivity index (χ4n) is 1.56. The lowest BCUT2D eigenvalue weighted by Crippen LogP contribution is -2.00. The molecule has 0 atom stereocenters. The molecule has 2 nitrogen and oxygen atoms in total. The van der Waals surface area contributed by atoms with Gasteiger partial charge in [0, 0.05) is 11.6 Å². The van der Waals surface area contributed by atoms with Crippen LogP contribution in [0, 0.1) is 11.3 Å². The molecule has 0 amide bonds. The smallest absolute Gasteiger partial charge is 0.101 e. The number of anilines is 1. The Morgan fingerprint density at radius 2 is 1.88 bits per heavy atom. The van der Waals surface area contributed by atoms with Gasteiger partial charge in [0.2, 0.25) is 0 Å². The van der Waals surface area contributed by atoms with Crippen molar-refractivity contribution in [2.24, 2.45) is 0 Å². The summed E-state index contributed by atoms with van der Waals surface area (Å²) in [6.45, 7) is 0.692. The molecule has 2 rings (SSSR count). The third-order valence-electron chi connectivity index (χ3n) is 2.43. The van der Waals surface area contributed by atoms with Gasteiger partial charge in [0.05, 0.1) is 11.3 Å². The van der Waals surface area contributed by atoms with Crippen LogP contribution in [-0.4, -0.2) is 0 Å². The topological polar surface area (TPSA) is 35.8 Å². The third kappa shape index (κ3) is 2.99. The van der Waals surface area contributed by atoms with Crippen molar-refractivity contribution in [2.75, 3.05) is 5.32 Å². The molecular formula is C14H11ClN2. The largest absolute Gasteiger partial charge is 0.380 e. The number of benzene rings is 2.